The van der Waals surface area contributed by atoms with E-state index in [1.165, 1.54) is 12.1 Å². The molecule has 0 aromatic heterocycles. The van der Waals surface area contributed by atoms with Gasteiger partial charge in [-0.2, -0.15) is 5.10 Å². The van der Waals surface area contributed by atoms with E-state index in [0.29, 0.717) is 34.1 Å². The molecule has 1 atom stereocenters. The third-order valence-corrected chi connectivity index (χ3v) is 5.92. The number of anilines is 2. The van der Waals surface area contributed by atoms with Gasteiger partial charge in [-0.15, -0.1) is 13.2 Å². The molecule has 9 nitrogen and oxygen atoms in total. The van der Waals surface area contributed by atoms with Crippen molar-refractivity contribution in [2.24, 2.45) is 5.10 Å². The van der Waals surface area contributed by atoms with Crippen molar-refractivity contribution in [2.75, 3.05) is 16.8 Å². The maximum Gasteiger partial charge on any atom is 0.573 e. The predicted octanol–water partition coefficient (Wildman–Crippen LogP) is 4.34. The second-order valence-corrected chi connectivity index (χ2v) is 8.54. The summed E-state index contributed by atoms with van der Waals surface area (Å²) in [5, 5.41) is 15.0. The first kappa shape index (κ1) is 25.1. The number of hydrazone groups is 1. The summed E-state index contributed by atoms with van der Waals surface area (Å²) in [6.07, 6.45) is -1.77. The third-order valence-electron chi connectivity index (χ3n) is 5.92. The van der Waals surface area contributed by atoms with Crippen molar-refractivity contribution in [1.82, 2.24) is 5.43 Å². The zero-order chi connectivity index (χ0) is 26.0. The molecule has 36 heavy (non-hydrogen) atoms. The molecule has 12 heteroatoms. The first-order valence-electron chi connectivity index (χ1n) is 11.3. The number of alkyl halides is 3. The van der Waals surface area contributed by atoms with Crippen molar-refractivity contribution in [3.8, 4) is 22.6 Å². The number of para-hydroxylation sites is 1. The first-order chi connectivity index (χ1) is 17.0. The van der Waals surface area contributed by atoms with Crippen LogP contribution in [0.5, 0.6) is 11.5 Å². The lowest BCUT2D eigenvalue weighted by Crippen LogP contribution is -2.55. The monoisotopic (exact) mass is 506 g/mol. The summed E-state index contributed by atoms with van der Waals surface area (Å²) in [5.74, 6) is -0.349. The van der Waals surface area contributed by atoms with Crippen LogP contribution in [-0.4, -0.2) is 47.9 Å². The van der Waals surface area contributed by atoms with Gasteiger partial charge in [0.05, 0.1) is 5.69 Å². The van der Waals surface area contributed by atoms with Gasteiger partial charge in [-0.25, -0.2) is 5.43 Å². The van der Waals surface area contributed by atoms with E-state index in [1.807, 2.05) is 6.07 Å². The normalized spacial score (nSPS) is 18.7. The summed E-state index contributed by atoms with van der Waals surface area (Å²) in [6, 6.07) is 9.26. The highest BCUT2D eigenvalue weighted by Crippen LogP contribution is 2.46. The minimum atomic E-state index is -4.82. The van der Waals surface area contributed by atoms with Crippen LogP contribution in [0.15, 0.2) is 41.5 Å². The van der Waals surface area contributed by atoms with Crippen LogP contribution in [0.4, 0.5) is 24.5 Å². The van der Waals surface area contributed by atoms with Gasteiger partial charge in [-0.3, -0.25) is 9.59 Å². The van der Waals surface area contributed by atoms with E-state index in [9.17, 15) is 18.0 Å². The molecule has 0 bridgehead atoms. The Bertz CT molecular complexity index is 1190. The van der Waals surface area contributed by atoms with Gasteiger partial charge in [0.1, 0.15) is 24.1 Å². The van der Waals surface area contributed by atoms with Crippen LogP contribution >= 0.6 is 0 Å². The number of carbonyl (C=O) groups is 2. The lowest BCUT2D eigenvalue weighted by molar-refractivity contribution is -0.274. The molecule has 1 unspecified atom stereocenters. The Morgan fingerprint density at radius 3 is 2.58 bits per heavy atom. The number of amides is 1. The van der Waals surface area contributed by atoms with E-state index in [4.69, 9.17) is 14.6 Å². The number of carboxylic acids is 1. The molecule has 1 aliphatic carbocycles. The van der Waals surface area contributed by atoms with Crippen LogP contribution in [0.1, 0.15) is 33.1 Å². The van der Waals surface area contributed by atoms with Crippen molar-refractivity contribution >= 4 is 29.1 Å². The van der Waals surface area contributed by atoms with Gasteiger partial charge >= 0.3 is 6.36 Å². The number of fused-ring (bicyclic) bond motifs is 3. The van der Waals surface area contributed by atoms with Gasteiger partial charge in [0, 0.05) is 29.8 Å². The van der Waals surface area contributed by atoms with Gasteiger partial charge in [-0.1, -0.05) is 18.2 Å². The summed E-state index contributed by atoms with van der Waals surface area (Å²) >= 11 is 0. The SMILES string of the molecule is CC(=O)O.CC1C(=O)NN=C2COc3cc(-c4ccccc4OC(F)(F)F)c(NC4CCC4)cc3N21. The lowest BCUT2D eigenvalue weighted by Gasteiger charge is -2.39. The van der Waals surface area contributed by atoms with E-state index in [-0.39, 0.29) is 24.3 Å². The highest BCUT2D eigenvalue weighted by molar-refractivity contribution is 6.10. The Hall–Kier alpha value is -3.96. The fraction of sp³-hybridized carbons (Fsp3) is 0.375. The van der Waals surface area contributed by atoms with Gasteiger partial charge in [0.15, 0.2) is 5.84 Å². The number of hydrogen-bond acceptors (Lipinski definition) is 7. The summed E-state index contributed by atoms with van der Waals surface area (Å²) < 4.78 is 49.3. The minimum absolute atomic E-state index is 0.132. The smallest absolute Gasteiger partial charge is 0.483 e. The summed E-state index contributed by atoms with van der Waals surface area (Å²) in [6.45, 7) is 2.98. The summed E-state index contributed by atoms with van der Waals surface area (Å²) in [4.78, 5) is 23.0. The Kier molecular flexibility index (Phi) is 6.95. The number of amidine groups is 1. The number of hydrogen-bond donors (Lipinski definition) is 3. The average molecular weight is 506 g/mol. The van der Waals surface area contributed by atoms with Crippen LogP contribution < -0.4 is 25.1 Å². The molecular formula is C24H25F3N4O5. The zero-order valence-corrected chi connectivity index (χ0v) is 19.6. The molecule has 5 rings (SSSR count). The maximum atomic E-state index is 13.0. The van der Waals surface area contributed by atoms with E-state index >= 15 is 0 Å². The molecule has 0 radical (unpaired) electrons. The molecule has 2 aromatic carbocycles. The number of halogens is 3. The molecule has 0 spiro atoms. The largest absolute Gasteiger partial charge is 0.573 e. The van der Waals surface area contributed by atoms with E-state index in [0.717, 1.165) is 26.2 Å². The molecule has 192 valence electrons. The molecule has 1 amide bonds. The second-order valence-electron chi connectivity index (χ2n) is 8.54. The summed E-state index contributed by atoms with van der Waals surface area (Å²) in [7, 11) is 0. The molecule has 1 fully saturated rings. The van der Waals surface area contributed by atoms with Gasteiger partial charge in [0.25, 0.3) is 11.9 Å². The van der Waals surface area contributed by atoms with E-state index in [1.54, 1.807) is 30.0 Å². The zero-order valence-electron chi connectivity index (χ0n) is 19.6. The van der Waals surface area contributed by atoms with Crippen molar-refractivity contribution in [3.63, 3.8) is 0 Å². The number of benzene rings is 2. The number of ether oxygens (including phenoxy) is 2. The van der Waals surface area contributed by atoms with Crippen molar-refractivity contribution in [3.05, 3.63) is 36.4 Å². The number of nitrogens with one attached hydrogen (secondary N) is 2. The number of nitrogens with zero attached hydrogens (tertiary/aromatic N) is 2. The fourth-order valence-corrected chi connectivity index (χ4v) is 4.09. The quantitative estimate of drug-likeness (QED) is 0.566. The summed E-state index contributed by atoms with van der Waals surface area (Å²) in [5.41, 5.74) is 4.59. The maximum absolute atomic E-state index is 13.0. The Morgan fingerprint density at radius 2 is 1.94 bits per heavy atom. The molecule has 1 saturated carbocycles. The molecule has 0 saturated heterocycles. The minimum Gasteiger partial charge on any atom is -0.483 e. The molecule has 2 aromatic rings. The fourth-order valence-electron chi connectivity index (χ4n) is 4.09. The Labute approximate surface area is 204 Å². The van der Waals surface area contributed by atoms with Crippen LogP contribution in [0.2, 0.25) is 0 Å². The highest BCUT2D eigenvalue weighted by Gasteiger charge is 2.37. The number of carboxylic acid groups (broad SMARTS) is 1. The van der Waals surface area contributed by atoms with E-state index < -0.39 is 18.4 Å². The average Bonchev–Trinajstić information content (AvgIpc) is 2.77. The molecule has 3 N–H and O–H groups in total. The predicted molar refractivity (Wildman–Crippen MR) is 126 cm³/mol. The van der Waals surface area contributed by atoms with E-state index in [2.05, 4.69) is 20.6 Å². The first-order valence-corrected chi connectivity index (χ1v) is 11.3. The van der Waals surface area contributed by atoms with Crippen LogP contribution in [0.25, 0.3) is 11.1 Å². The number of aliphatic carboxylic acids is 1. The number of carbonyl (C=O) groups excluding carboxylic acids is 1. The standard InChI is InChI=1S/C22H21F3N4O3.C2H4O2/c1-12-21(30)28-27-20-11-31-19-9-15(14-7-2-3-8-18(14)32-22(23,24)25)16(10-17(19)29(12)20)26-13-5-4-6-13;1-2(3)4/h2-3,7-10,12-13,26H,4-6,11H2,1H3,(H,28,30);1H3,(H,3,4). The molecular weight excluding hydrogens is 481 g/mol. The third kappa shape index (κ3) is 5.47. The van der Waals surface area contributed by atoms with Crippen LogP contribution in [0, 0.1) is 0 Å². The molecule has 2 heterocycles. The van der Waals surface area contributed by atoms with Gasteiger partial charge in [-0.05, 0) is 44.4 Å². The number of rotatable bonds is 4. The highest BCUT2D eigenvalue weighted by atomic mass is 19.4. The Balaban J connectivity index is 0.000000709. The molecule has 2 aliphatic heterocycles. The van der Waals surface area contributed by atoms with Crippen LogP contribution in [-0.2, 0) is 9.59 Å². The van der Waals surface area contributed by atoms with Crippen LogP contribution in [0.3, 0.4) is 0 Å². The molecule has 3 aliphatic rings. The Morgan fingerprint density at radius 1 is 1.25 bits per heavy atom. The van der Waals surface area contributed by atoms with Crippen molar-refractivity contribution < 1.29 is 37.3 Å². The van der Waals surface area contributed by atoms with Gasteiger partial charge < -0.3 is 24.8 Å². The van der Waals surface area contributed by atoms with Gasteiger partial charge in [0.2, 0.25) is 0 Å². The lowest BCUT2D eigenvalue weighted by atomic mass is 9.91. The topological polar surface area (TPSA) is 112 Å². The van der Waals surface area contributed by atoms with Crippen molar-refractivity contribution in [1.29, 1.82) is 0 Å². The second kappa shape index (κ2) is 9.96. The van der Waals surface area contributed by atoms with Crippen molar-refractivity contribution in [2.45, 2.75) is 51.6 Å².